The molecule has 0 aliphatic rings. The highest BCUT2D eigenvalue weighted by Gasteiger charge is 2.03. The van der Waals surface area contributed by atoms with E-state index in [9.17, 15) is 0 Å². The summed E-state index contributed by atoms with van der Waals surface area (Å²) in [6.45, 7) is 1.90. The third kappa shape index (κ3) is 1.54. The molecule has 0 N–H and O–H groups in total. The summed E-state index contributed by atoms with van der Waals surface area (Å²) in [7, 11) is 1.61. The van der Waals surface area contributed by atoms with E-state index in [4.69, 9.17) is 10.00 Å². The van der Waals surface area contributed by atoms with E-state index in [0.717, 1.165) is 17.0 Å². The lowest BCUT2D eigenvalue weighted by atomic mass is 10.1. The molecule has 12 heavy (non-hydrogen) atoms. The molecule has 1 heterocycles. The Balaban J connectivity index is 3.07. The van der Waals surface area contributed by atoms with Gasteiger partial charge < -0.3 is 4.74 Å². The summed E-state index contributed by atoms with van der Waals surface area (Å²) in [5.41, 5.74) is 1.73. The zero-order valence-electron chi connectivity index (χ0n) is 7.16. The predicted octanol–water partition coefficient (Wildman–Crippen LogP) is 1.46. The molecule has 0 fully saturated rings. The van der Waals surface area contributed by atoms with Crippen LogP contribution in [0, 0.1) is 18.3 Å². The van der Waals surface area contributed by atoms with Crippen molar-refractivity contribution in [1.29, 1.82) is 5.26 Å². The summed E-state index contributed by atoms with van der Waals surface area (Å²) in [5.74, 6) is 0.787. The second-order valence-corrected chi connectivity index (χ2v) is 2.42. The van der Waals surface area contributed by atoms with Gasteiger partial charge in [-0.15, -0.1) is 0 Å². The van der Waals surface area contributed by atoms with Crippen LogP contribution in [0.2, 0.25) is 0 Å². The van der Waals surface area contributed by atoms with Gasteiger partial charge in [-0.05, 0) is 13.0 Å². The Hall–Kier alpha value is -1.56. The average Bonchev–Trinajstić information content (AvgIpc) is 2.09. The second kappa shape index (κ2) is 3.72. The minimum Gasteiger partial charge on any atom is -0.496 e. The SMILES string of the molecule is COc1ccnc(CC#N)c1C. The van der Waals surface area contributed by atoms with Crippen molar-refractivity contribution in [3.05, 3.63) is 23.5 Å². The molecular formula is C9H10N2O. The lowest BCUT2D eigenvalue weighted by Crippen LogP contribution is -1.95. The van der Waals surface area contributed by atoms with Crippen LogP contribution in [0.25, 0.3) is 0 Å². The third-order valence-corrected chi connectivity index (χ3v) is 1.73. The molecule has 1 aromatic rings. The minimum absolute atomic E-state index is 0.336. The van der Waals surface area contributed by atoms with Crippen LogP contribution < -0.4 is 4.74 Å². The van der Waals surface area contributed by atoms with Crippen LogP contribution in [0.1, 0.15) is 11.3 Å². The zero-order valence-corrected chi connectivity index (χ0v) is 7.16. The molecule has 62 valence electrons. The summed E-state index contributed by atoms with van der Waals surface area (Å²) in [6.07, 6.45) is 1.99. The fourth-order valence-corrected chi connectivity index (χ4v) is 1.03. The minimum atomic E-state index is 0.336. The topological polar surface area (TPSA) is 45.9 Å². The Morgan fingerprint density at radius 1 is 1.67 bits per heavy atom. The molecule has 0 aliphatic carbocycles. The van der Waals surface area contributed by atoms with Gasteiger partial charge in [0.25, 0.3) is 0 Å². The fourth-order valence-electron chi connectivity index (χ4n) is 1.03. The van der Waals surface area contributed by atoms with Crippen molar-refractivity contribution in [3.8, 4) is 11.8 Å². The summed E-state index contributed by atoms with van der Waals surface area (Å²) in [6, 6.07) is 3.85. The van der Waals surface area contributed by atoms with E-state index in [2.05, 4.69) is 11.1 Å². The highest BCUT2D eigenvalue weighted by atomic mass is 16.5. The van der Waals surface area contributed by atoms with Crippen molar-refractivity contribution in [3.63, 3.8) is 0 Å². The Kier molecular flexibility index (Phi) is 2.65. The summed E-state index contributed by atoms with van der Waals surface area (Å²) < 4.78 is 5.08. The largest absolute Gasteiger partial charge is 0.496 e. The average molecular weight is 162 g/mol. The quantitative estimate of drug-likeness (QED) is 0.661. The maximum Gasteiger partial charge on any atom is 0.125 e. The van der Waals surface area contributed by atoms with Gasteiger partial charge in [-0.3, -0.25) is 4.98 Å². The maximum absolute atomic E-state index is 8.48. The van der Waals surface area contributed by atoms with Gasteiger partial charge in [-0.25, -0.2) is 0 Å². The number of nitriles is 1. The first-order chi connectivity index (χ1) is 5.79. The molecule has 0 saturated carbocycles. The molecule has 0 radical (unpaired) electrons. The van der Waals surface area contributed by atoms with Gasteiger partial charge in [0.1, 0.15) is 5.75 Å². The van der Waals surface area contributed by atoms with Crippen LogP contribution in [0.5, 0.6) is 5.75 Å². The van der Waals surface area contributed by atoms with Gasteiger partial charge in [0.05, 0.1) is 25.3 Å². The Morgan fingerprint density at radius 2 is 2.42 bits per heavy atom. The number of methoxy groups -OCH3 is 1. The van der Waals surface area contributed by atoms with Crippen molar-refractivity contribution in [1.82, 2.24) is 4.98 Å². The predicted molar refractivity (Wildman–Crippen MR) is 44.8 cm³/mol. The number of nitrogens with zero attached hydrogens (tertiary/aromatic N) is 2. The van der Waals surface area contributed by atoms with E-state index in [0.29, 0.717) is 6.42 Å². The number of ether oxygens (including phenoxy) is 1. The van der Waals surface area contributed by atoms with Crippen molar-refractivity contribution in [2.75, 3.05) is 7.11 Å². The van der Waals surface area contributed by atoms with Crippen molar-refractivity contribution in [2.24, 2.45) is 0 Å². The lowest BCUT2D eigenvalue weighted by Gasteiger charge is -2.05. The molecule has 0 spiro atoms. The fraction of sp³-hybridized carbons (Fsp3) is 0.333. The molecule has 3 nitrogen and oxygen atoms in total. The number of hydrogen-bond acceptors (Lipinski definition) is 3. The number of hydrogen-bond donors (Lipinski definition) is 0. The molecule has 0 amide bonds. The highest BCUT2D eigenvalue weighted by Crippen LogP contribution is 2.18. The van der Waals surface area contributed by atoms with Crippen molar-refractivity contribution in [2.45, 2.75) is 13.3 Å². The Labute approximate surface area is 71.6 Å². The van der Waals surface area contributed by atoms with Crippen LogP contribution in [0.15, 0.2) is 12.3 Å². The Bertz CT molecular complexity index is 315. The Morgan fingerprint density at radius 3 is 3.00 bits per heavy atom. The first-order valence-corrected chi connectivity index (χ1v) is 3.65. The number of pyridine rings is 1. The first-order valence-electron chi connectivity index (χ1n) is 3.65. The first kappa shape index (κ1) is 8.54. The van der Waals surface area contributed by atoms with Crippen LogP contribution >= 0.6 is 0 Å². The number of rotatable bonds is 2. The number of aromatic nitrogens is 1. The van der Waals surface area contributed by atoms with Crippen LogP contribution in [-0.4, -0.2) is 12.1 Å². The van der Waals surface area contributed by atoms with Crippen LogP contribution in [0.3, 0.4) is 0 Å². The normalized spacial score (nSPS) is 9.08. The summed E-state index contributed by atoms with van der Waals surface area (Å²) in [4.78, 5) is 4.07. The second-order valence-electron chi connectivity index (χ2n) is 2.42. The highest BCUT2D eigenvalue weighted by molar-refractivity contribution is 5.35. The van der Waals surface area contributed by atoms with Gasteiger partial charge in [-0.1, -0.05) is 0 Å². The molecule has 0 saturated heterocycles. The van der Waals surface area contributed by atoms with E-state index in [1.165, 1.54) is 0 Å². The zero-order chi connectivity index (χ0) is 8.97. The van der Waals surface area contributed by atoms with E-state index >= 15 is 0 Å². The molecule has 0 atom stereocenters. The molecule has 1 rings (SSSR count). The van der Waals surface area contributed by atoms with Crippen LogP contribution in [-0.2, 0) is 6.42 Å². The lowest BCUT2D eigenvalue weighted by molar-refractivity contribution is 0.410. The van der Waals surface area contributed by atoms with E-state index in [1.807, 2.05) is 6.92 Å². The molecule has 0 unspecified atom stereocenters. The van der Waals surface area contributed by atoms with E-state index in [1.54, 1.807) is 19.4 Å². The molecule has 3 heteroatoms. The maximum atomic E-state index is 8.48. The van der Waals surface area contributed by atoms with Gasteiger partial charge >= 0.3 is 0 Å². The van der Waals surface area contributed by atoms with Crippen molar-refractivity contribution >= 4 is 0 Å². The molecule has 0 aromatic carbocycles. The van der Waals surface area contributed by atoms with E-state index < -0.39 is 0 Å². The molecule has 0 bridgehead atoms. The summed E-state index contributed by atoms with van der Waals surface area (Å²) >= 11 is 0. The summed E-state index contributed by atoms with van der Waals surface area (Å²) in [5, 5.41) is 8.48. The smallest absolute Gasteiger partial charge is 0.125 e. The molecular weight excluding hydrogens is 152 g/mol. The molecule has 0 aliphatic heterocycles. The standard InChI is InChI=1S/C9H10N2O/c1-7-8(3-5-10)11-6-4-9(7)12-2/h4,6H,3H2,1-2H3. The molecule has 1 aromatic heterocycles. The van der Waals surface area contributed by atoms with Crippen molar-refractivity contribution < 1.29 is 4.74 Å². The van der Waals surface area contributed by atoms with Gasteiger partial charge in [0.2, 0.25) is 0 Å². The van der Waals surface area contributed by atoms with Gasteiger partial charge in [0, 0.05) is 11.8 Å². The monoisotopic (exact) mass is 162 g/mol. The van der Waals surface area contributed by atoms with Crippen LogP contribution in [0.4, 0.5) is 0 Å². The van der Waals surface area contributed by atoms with Gasteiger partial charge in [-0.2, -0.15) is 5.26 Å². The van der Waals surface area contributed by atoms with Gasteiger partial charge in [0.15, 0.2) is 0 Å². The van der Waals surface area contributed by atoms with E-state index in [-0.39, 0.29) is 0 Å². The third-order valence-electron chi connectivity index (χ3n) is 1.73.